The zero-order valence-electron chi connectivity index (χ0n) is 12.1. The summed E-state index contributed by atoms with van der Waals surface area (Å²) in [7, 11) is -3.22. The van der Waals surface area contributed by atoms with Gasteiger partial charge in [0.25, 0.3) is 0 Å². The molecule has 0 aliphatic carbocycles. The molecule has 1 heterocycles. The molecule has 2 rings (SSSR count). The van der Waals surface area contributed by atoms with Crippen LogP contribution in [0.2, 0.25) is 0 Å². The second kappa shape index (κ2) is 6.26. The van der Waals surface area contributed by atoms with Gasteiger partial charge in [-0.15, -0.1) is 0 Å². The number of hydrogen-bond acceptors (Lipinski definition) is 4. The second-order valence-corrected chi connectivity index (χ2v) is 8.61. The molecule has 4 nitrogen and oxygen atoms in total. The largest absolute Gasteiger partial charge is 0.381 e. The normalized spacial score (nSPS) is 23.4. The highest BCUT2D eigenvalue weighted by atomic mass is 32.2. The third-order valence-electron chi connectivity index (χ3n) is 3.48. The quantitative estimate of drug-likeness (QED) is 0.897. The Bertz CT molecular complexity index is 573. The number of hydrogen-bond donors (Lipinski definition) is 2. The molecule has 1 aliphatic rings. The standard InChI is InChI=1S/C14H22N2O2S2/c1-10-9-12(6-7-13(10)16-20(3,17)18)15-14-5-4-8-19-11(14)2/h6-7,9,11,14-16H,4-5,8H2,1-3H3. The SMILES string of the molecule is Cc1cc(NC2CCCSC2C)ccc1NS(C)(=O)=O. The minimum atomic E-state index is -3.22. The summed E-state index contributed by atoms with van der Waals surface area (Å²) < 4.78 is 25.1. The van der Waals surface area contributed by atoms with E-state index in [1.807, 2.05) is 36.9 Å². The van der Waals surface area contributed by atoms with Crippen LogP contribution in [0.15, 0.2) is 18.2 Å². The van der Waals surface area contributed by atoms with Gasteiger partial charge in [0, 0.05) is 17.0 Å². The van der Waals surface area contributed by atoms with Crippen molar-refractivity contribution < 1.29 is 8.42 Å². The molecule has 1 aromatic carbocycles. The molecule has 1 saturated heterocycles. The third kappa shape index (κ3) is 4.31. The van der Waals surface area contributed by atoms with E-state index in [9.17, 15) is 8.42 Å². The Hall–Kier alpha value is -0.880. The first-order valence-corrected chi connectivity index (χ1v) is 9.76. The monoisotopic (exact) mass is 314 g/mol. The molecule has 0 aromatic heterocycles. The number of anilines is 2. The zero-order valence-corrected chi connectivity index (χ0v) is 13.8. The molecule has 1 fully saturated rings. The first kappa shape index (κ1) is 15.5. The van der Waals surface area contributed by atoms with E-state index in [0.717, 1.165) is 11.3 Å². The molecule has 0 radical (unpaired) electrons. The summed E-state index contributed by atoms with van der Waals surface area (Å²) in [5.41, 5.74) is 2.63. The first-order chi connectivity index (χ1) is 9.35. The Labute approximate surface area is 125 Å². The van der Waals surface area contributed by atoms with E-state index < -0.39 is 10.0 Å². The average molecular weight is 314 g/mol. The van der Waals surface area contributed by atoms with Gasteiger partial charge in [-0.05, 0) is 49.3 Å². The van der Waals surface area contributed by atoms with Gasteiger partial charge in [-0.3, -0.25) is 4.72 Å². The highest BCUT2D eigenvalue weighted by Gasteiger charge is 2.21. The third-order valence-corrected chi connectivity index (χ3v) is 5.45. The van der Waals surface area contributed by atoms with Gasteiger partial charge in [0.05, 0.1) is 11.9 Å². The van der Waals surface area contributed by atoms with E-state index in [-0.39, 0.29) is 0 Å². The molecule has 1 aliphatic heterocycles. The van der Waals surface area contributed by atoms with Crippen LogP contribution in [0.4, 0.5) is 11.4 Å². The van der Waals surface area contributed by atoms with Crippen LogP contribution < -0.4 is 10.0 Å². The van der Waals surface area contributed by atoms with E-state index in [4.69, 9.17) is 0 Å². The Kier molecular flexibility index (Phi) is 4.86. The molecule has 0 spiro atoms. The molecule has 0 amide bonds. The maximum Gasteiger partial charge on any atom is 0.229 e. The van der Waals surface area contributed by atoms with Gasteiger partial charge < -0.3 is 5.32 Å². The minimum absolute atomic E-state index is 0.488. The minimum Gasteiger partial charge on any atom is -0.381 e. The highest BCUT2D eigenvalue weighted by Crippen LogP contribution is 2.29. The number of thioether (sulfide) groups is 1. The fourth-order valence-corrected chi connectivity index (χ4v) is 4.16. The summed E-state index contributed by atoms with van der Waals surface area (Å²) in [5.74, 6) is 1.25. The second-order valence-electron chi connectivity index (χ2n) is 5.37. The van der Waals surface area contributed by atoms with Gasteiger partial charge in [-0.2, -0.15) is 11.8 Å². The molecule has 20 heavy (non-hydrogen) atoms. The van der Waals surface area contributed by atoms with Crippen LogP contribution in [-0.4, -0.2) is 31.7 Å². The Morgan fingerprint density at radius 1 is 1.35 bits per heavy atom. The summed E-state index contributed by atoms with van der Waals surface area (Å²) in [6, 6.07) is 6.24. The van der Waals surface area contributed by atoms with Crippen molar-refractivity contribution in [3.63, 3.8) is 0 Å². The van der Waals surface area contributed by atoms with Crippen LogP contribution in [0.3, 0.4) is 0 Å². The van der Waals surface area contributed by atoms with Crippen molar-refractivity contribution in [1.82, 2.24) is 0 Å². The van der Waals surface area contributed by atoms with Crippen LogP contribution in [0.5, 0.6) is 0 Å². The summed E-state index contributed by atoms with van der Waals surface area (Å²) >= 11 is 2.01. The van der Waals surface area contributed by atoms with Gasteiger partial charge >= 0.3 is 0 Å². The summed E-state index contributed by atoms with van der Waals surface area (Å²) in [4.78, 5) is 0. The van der Waals surface area contributed by atoms with Crippen molar-refractivity contribution in [3.8, 4) is 0 Å². The van der Waals surface area contributed by atoms with Gasteiger partial charge in [-0.1, -0.05) is 6.92 Å². The molecule has 112 valence electrons. The predicted octanol–water partition coefficient (Wildman–Crippen LogP) is 3.06. The van der Waals surface area contributed by atoms with Gasteiger partial charge in [-0.25, -0.2) is 8.42 Å². The molecule has 0 saturated carbocycles. The average Bonchev–Trinajstić information content (AvgIpc) is 2.34. The maximum absolute atomic E-state index is 11.3. The smallest absolute Gasteiger partial charge is 0.229 e. The van der Waals surface area contributed by atoms with Crippen LogP contribution in [0.25, 0.3) is 0 Å². The maximum atomic E-state index is 11.3. The summed E-state index contributed by atoms with van der Waals surface area (Å²) in [5, 5.41) is 4.17. The summed E-state index contributed by atoms with van der Waals surface area (Å²) in [6.45, 7) is 4.17. The fraction of sp³-hybridized carbons (Fsp3) is 0.571. The lowest BCUT2D eigenvalue weighted by Crippen LogP contribution is -2.32. The molecule has 6 heteroatoms. The molecular weight excluding hydrogens is 292 g/mol. The van der Waals surface area contributed by atoms with E-state index in [2.05, 4.69) is 17.0 Å². The highest BCUT2D eigenvalue weighted by molar-refractivity contribution is 8.00. The van der Waals surface area contributed by atoms with E-state index >= 15 is 0 Å². The topological polar surface area (TPSA) is 58.2 Å². The molecule has 2 N–H and O–H groups in total. The lowest BCUT2D eigenvalue weighted by atomic mass is 10.1. The Morgan fingerprint density at radius 2 is 2.10 bits per heavy atom. The van der Waals surface area contributed by atoms with E-state index in [1.54, 1.807) is 0 Å². The van der Waals surface area contributed by atoms with Crippen LogP contribution in [0, 0.1) is 6.92 Å². The number of rotatable bonds is 4. The summed E-state index contributed by atoms with van der Waals surface area (Å²) in [6.07, 6.45) is 3.61. The van der Waals surface area contributed by atoms with E-state index in [1.165, 1.54) is 24.9 Å². The van der Waals surface area contributed by atoms with Gasteiger partial charge in [0.1, 0.15) is 0 Å². The Morgan fingerprint density at radius 3 is 2.70 bits per heavy atom. The fourth-order valence-electron chi connectivity index (χ4n) is 2.39. The zero-order chi connectivity index (χ0) is 14.8. The van der Waals surface area contributed by atoms with Crippen LogP contribution >= 0.6 is 11.8 Å². The molecular formula is C14H22N2O2S2. The number of nitrogens with one attached hydrogen (secondary N) is 2. The number of benzene rings is 1. The lowest BCUT2D eigenvalue weighted by Gasteiger charge is -2.30. The number of sulfonamides is 1. The van der Waals surface area contributed by atoms with Gasteiger partial charge in [0.2, 0.25) is 10.0 Å². The van der Waals surface area contributed by atoms with E-state index in [0.29, 0.717) is 17.0 Å². The molecule has 0 bridgehead atoms. The molecule has 1 aromatic rings. The van der Waals surface area contributed by atoms with Crippen molar-refractivity contribution in [2.24, 2.45) is 0 Å². The first-order valence-electron chi connectivity index (χ1n) is 6.82. The van der Waals surface area contributed by atoms with Crippen molar-refractivity contribution in [3.05, 3.63) is 23.8 Å². The lowest BCUT2D eigenvalue weighted by molar-refractivity contribution is 0.606. The molecule has 2 unspecified atom stereocenters. The van der Waals surface area contributed by atoms with Crippen molar-refractivity contribution in [1.29, 1.82) is 0 Å². The Balaban J connectivity index is 2.08. The van der Waals surface area contributed by atoms with Crippen molar-refractivity contribution in [2.75, 3.05) is 22.0 Å². The van der Waals surface area contributed by atoms with Crippen molar-refractivity contribution in [2.45, 2.75) is 38.0 Å². The number of aryl methyl sites for hydroxylation is 1. The van der Waals surface area contributed by atoms with Crippen molar-refractivity contribution >= 4 is 33.2 Å². The molecule has 2 atom stereocenters. The van der Waals surface area contributed by atoms with Crippen LogP contribution in [0.1, 0.15) is 25.3 Å². The van der Waals surface area contributed by atoms with Gasteiger partial charge in [0.15, 0.2) is 0 Å². The van der Waals surface area contributed by atoms with Crippen LogP contribution in [-0.2, 0) is 10.0 Å². The predicted molar refractivity (Wildman–Crippen MR) is 88.2 cm³/mol.